The molecule has 82 valence electrons. The summed E-state index contributed by atoms with van der Waals surface area (Å²) in [6.45, 7) is 0. The lowest BCUT2D eigenvalue weighted by Gasteiger charge is -2.08. The lowest BCUT2D eigenvalue weighted by molar-refractivity contribution is -0.111. The summed E-state index contributed by atoms with van der Waals surface area (Å²) in [5, 5.41) is 1.12. The number of hydrogen-bond donors (Lipinski definition) is 0. The molecule has 0 aliphatic heterocycles. The van der Waals surface area contributed by atoms with Crippen LogP contribution in [0.3, 0.4) is 0 Å². The van der Waals surface area contributed by atoms with Gasteiger partial charge in [-0.3, -0.25) is 0 Å². The summed E-state index contributed by atoms with van der Waals surface area (Å²) < 4.78 is 5.29. The smallest absolute Gasteiger partial charge is 0.133 e. The Kier molecular flexibility index (Phi) is 2.28. The summed E-state index contributed by atoms with van der Waals surface area (Å²) in [7, 11) is 0. The SMILES string of the molecule is O=CC(Cc1ccc2occc2c1)C1CC1. The Labute approximate surface area is 94.3 Å². The minimum absolute atomic E-state index is 0.212. The first-order valence-electron chi connectivity index (χ1n) is 5.78. The zero-order valence-electron chi connectivity index (χ0n) is 9.06. The van der Waals surface area contributed by atoms with E-state index in [1.807, 2.05) is 12.1 Å². The van der Waals surface area contributed by atoms with Crippen molar-refractivity contribution in [2.24, 2.45) is 11.8 Å². The summed E-state index contributed by atoms with van der Waals surface area (Å²) in [6, 6.07) is 8.13. The van der Waals surface area contributed by atoms with Gasteiger partial charge in [0.15, 0.2) is 0 Å². The Morgan fingerprint density at radius 2 is 2.25 bits per heavy atom. The third-order valence-corrected chi connectivity index (χ3v) is 3.39. The van der Waals surface area contributed by atoms with Crippen molar-refractivity contribution in [1.29, 1.82) is 0 Å². The van der Waals surface area contributed by atoms with Crippen LogP contribution in [0, 0.1) is 11.8 Å². The van der Waals surface area contributed by atoms with Gasteiger partial charge in [0.2, 0.25) is 0 Å². The third-order valence-electron chi connectivity index (χ3n) is 3.39. The highest BCUT2D eigenvalue weighted by Gasteiger charge is 2.30. The van der Waals surface area contributed by atoms with E-state index in [1.165, 1.54) is 18.4 Å². The van der Waals surface area contributed by atoms with Gasteiger partial charge in [-0.15, -0.1) is 0 Å². The van der Waals surface area contributed by atoms with Gasteiger partial charge in [-0.1, -0.05) is 6.07 Å². The average molecular weight is 214 g/mol. The third kappa shape index (κ3) is 1.75. The lowest BCUT2D eigenvalue weighted by atomic mass is 9.96. The van der Waals surface area contributed by atoms with Gasteiger partial charge < -0.3 is 9.21 Å². The summed E-state index contributed by atoms with van der Waals surface area (Å²) in [4.78, 5) is 11.0. The van der Waals surface area contributed by atoms with Crippen molar-refractivity contribution in [2.45, 2.75) is 19.3 Å². The number of fused-ring (bicyclic) bond motifs is 1. The van der Waals surface area contributed by atoms with Crippen molar-refractivity contribution in [3.8, 4) is 0 Å². The molecule has 1 aliphatic carbocycles. The molecule has 1 atom stereocenters. The minimum atomic E-state index is 0.212. The molecule has 2 aromatic rings. The molecule has 0 spiro atoms. The number of carbonyl (C=O) groups excluding carboxylic acids is 1. The van der Waals surface area contributed by atoms with Crippen molar-refractivity contribution >= 4 is 17.3 Å². The van der Waals surface area contributed by atoms with E-state index in [2.05, 4.69) is 12.1 Å². The highest BCUT2D eigenvalue weighted by Crippen LogP contribution is 2.37. The molecule has 16 heavy (non-hydrogen) atoms. The van der Waals surface area contributed by atoms with E-state index in [-0.39, 0.29) is 5.92 Å². The molecule has 1 aliphatic rings. The Morgan fingerprint density at radius 3 is 3.00 bits per heavy atom. The molecule has 1 unspecified atom stereocenters. The maximum atomic E-state index is 11.0. The summed E-state index contributed by atoms with van der Waals surface area (Å²) in [6.07, 6.45) is 6.13. The van der Waals surface area contributed by atoms with Gasteiger partial charge in [0, 0.05) is 11.3 Å². The first-order valence-corrected chi connectivity index (χ1v) is 5.78. The van der Waals surface area contributed by atoms with Crippen LogP contribution in [0.5, 0.6) is 0 Å². The first-order chi connectivity index (χ1) is 7.86. The van der Waals surface area contributed by atoms with Crippen LogP contribution in [0.2, 0.25) is 0 Å². The molecular weight excluding hydrogens is 200 g/mol. The molecule has 0 N–H and O–H groups in total. The van der Waals surface area contributed by atoms with Gasteiger partial charge in [0.1, 0.15) is 11.9 Å². The lowest BCUT2D eigenvalue weighted by Crippen LogP contribution is -2.08. The predicted octanol–water partition coefficient (Wildman–Crippen LogP) is 3.20. The van der Waals surface area contributed by atoms with E-state index in [0.29, 0.717) is 5.92 Å². The van der Waals surface area contributed by atoms with Crippen LogP contribution in [-0.2, 0) is 11.2 Å². The molecule has 3 rings (SSSR count). The van der Waals surface area contributed by atoms with Gasteiger partial charge in [-0.25, -0.2) is 0 Å². The number of hydrogen-bond acceptors (Lipinski definition) is 2. The quantitative estimate of drug-likeness (QED) is 0.731. The van der Waals surface area contributed by atoms with Crippen molar-refractivity contribution < 1.29 is 9.21 Å². The number of carbonyl (C=O) groups is 1. The second-order valence-electron chi connectivity index (χ2n) is 4.63. The summed E-state index contributed by atoms with van der Waals surface area (Å²) in [5.74, 6) is 0.849. The second-order valence-corrected chi connectivity index (χ2v) is 4.63. The number of furan rings is 1. The van der Waals surface area contributed by atoms with E-state index in [9.17, 15) is 4.79 Å². The summed E-state index contributed by atoms with van der Waals surface area (Å²) >= 11 is 0. The minimum Gasteiger partial charge on any atom is -0.464 e. The largest absolute Gasteiger partial charge is 0.464 e. The zero-order chi connectivity index (χ0) is 11.0. The van der Waals surface area contributed by atoms with E-state index < -0.39 is 0 Å². The first kappa shape index (κ1) is 9.64. The molecule has 2 heteroatoms. The molecule has 0 bridgehead atoms. The van der Waals surface area contributed by atoms with Gasteiger partial charge in [0.05, 0.1) is 6.26 Å². The predicted molar refractivity (Wildman–Crippen MR) is 62.2 cm³/mol. The van der Waals surface area contributed by atoms with Crippen molar-refractivity contribution in [3.63, 3.8) is 0 Å². The molecule has 1 fully saturated rings. The second kappa shape index (κ2) is 3.78. The number of rotatable bonds is 4. The Morgan fingerprint density at radius 1 is 1.38 bits per heavy atom. The van der Waals surface area contributed by atoms with Crippen LogP contribution in [0.4, 0.5) is 0 Å². The fourth-order valence-corrected chi connectivity index (χ4v) is 2.27. The molecule has 0 saturated heterocycles. The fraction of sp³-hybridized carbons (Fsp3) is 0.357. The van der Waals surface area contributed by atoms with Crippen LogP contribution < -0.4 is 0 Å². The monoisotopic (exact) mass is 214 g/mol. The zero-order valence-corrected chi connectivity index (χ0v) is 9.06. The van der Waals surface area contributed by atoms with Gasteiger partial charge in [-0.05, 0) is 48.9 Å². The van der Waals surface area contributed by atoms with E-state index in [4.69, 9.17) is 4.42 Å². The Balaban J connectivity index is 1.84. The normalized spacial score (nSPS) is 17.5. The van der Waals surface area contributed by atoms with Crippen LogP contribution in [0.15, 0.2) is 34.9 Å². The van der Waals surface area contributed by atoms with Crippen molar-refractivity contribution in [3.05, 3.63) is 36.1 Å². The van der Waals surface area contributed by atoms with Crippen LogP contribution in [0.25, 0.3) is 11.0 Å². The highest BCUT2D eigenvalue weighted by atomic mass is 16.3. The topological polar surface area (TPSA) is 30.2 Å². The fourth-order valence-electron chi connectivity index (χ4n) is 2.27. The number of benzene rings is 1. The van der Waals surface area contributed by atoms with Gasteiger partial charge in [0.25, 0.3) is 0 Å². The maximum Gasteiger partial charge on any atom is 0.133 e. The van der Waals surface area contributed by atoms with Crippen molar-refractivity contribution in [2.75, 3.05) is 0 Å². The van der Waals surface area contributed by atoms with Crippen LogP contribution in [0.1, 0.15) is 18.4 Å². The van der Waals surface area contributed by atoms with E-state index in [1.54, 1.807) is 6.26 Å². The summed E-state index contributed by atoms with van der Waals surface area (Å²) in [5.41, 5.74) is 2.15. The van der Waals surface area contributed by atoms with Crippen molar-refractivity contribution in [1.82, 2.24) is 0 Å². The molecule has 1 heterocycles. The molecule has 1 aromatic heterocycles. The standard InChI is InChI=1S/C14H14O2/c15-9-13(11-2-3-11)8-10-1-4-14-12(7-10)5-6-16-14/h1,4-7,9,11,13H,2-3,8H2. The van der Waals surface area contributed by atoms with Crippen LogP contribution in [-0.4, -0.2) is 6.29 Å². The number of aldehydes is 1. The molecule has 2 nitrogen and oxygen atoms in total. The Hall–Kier alpha value is -1.57. The molecule has 1 aromatic carbocycles. The highest BCUT2D eigenvalue weighted by molar-refractivity contribution is 5.77. The van der Waals surface area contributed by atoms with E-state index in [0.717, 1.165) is 23.7 Å². The average Bonchev–Trinajstić information content (AvgIpc) is 3.04. The maximum absolute atomic E-state index is 11.0. The Bertz CT molecular complexity index is 508. The molecule has 1 saturated carbocycles. The molecule has 0 radical (unpaired) electrons. The van der Waals surface area contributed by atoms with Gasteiger partial charge >= 0.3 is 0 Å². The van der Waals surface area contributed by atoms with Crippen LogP contribution >= 0.6 is 0 Å². The van der Waals surface area contributed by atoms with Gasteiger partial charge in [-0.2, -0.15) is 0 Å². The molecule has 0 amide bonds. The molecular formula is C14H14O2. The van der Waals surface area contributed by atoms with E-state index >= 15 is 0 Å².